The van der Waals surface area contributed by atoms with Crippen LogP contribution >= 0.6 is 11.6 Å². The maximum atomic E-state index is 12.1. The van der Waals surface area contributed by atoms with E-state index in [-0.39, 0.29) is 11.6 Å². The van der Waals surface area contributed by atoms with Crippen LogP contribution in [-0.4, -0.2) is 6.03 Å². The van der Waals surface area contributed by atoms with Gasteiger partial charge >= 0.3 is 6.03 Å². The van der Waals surface area contributed by atoms with Gasteiger partial charge in [0.2, 0.25) is 0 Å². The fourth-order valence-electron chi connectivity index (χ4n) is 3.49. The van der Waals surface area contributed by atoms with Gasteiger partial charge in [-0.3, -0.25) is 0 Å². The molecule has 0 aromatic heterocycles. The van der Waals surface area contributed by atoms with E-state index >= 15 is 0 Å². The van der Waals surface area contributed by atoms with Crippen molar-refractivity contribution < 1.29 is 4.79 Å². The molecule has 20 heavy (non-hydrogen) atoms. The molecule has 4 heteroatoms. The van der Waals surface area contributed by atoms with E-state index in [4.69, 9.17) is 11.6 Å². The molecule has 0 bridgehead atoms. The first-order valence-corrected chi connectivity index (χ1v) is 7.92. The minimum atomic E-state index is -0.203. The number of anilines is 1. The van der Waals surface area contributed by atoms with Crippen LogP contribution < -0.4 is 10.6 Å². The first-order chi connectivity index (χ1) is 9.64. The summed E-state index contributed by atoms with van der Waals surface area (Å²) in [5.74, 6) is 1.53. The van der Waals surface area contributed by atoms with Gasteiger partial charge in [0, 0.05) is 16.3 Å². The van der Waals surface area contributed by atoms with Crippen molar-refractivity contribution in [1.29, 1.82) is 0 Å². The number of benzene rings is 1. The summed E-state index contributed by atoms with van der Waals surface area (Å²) in [5, 5.41) is 6.92. The summed E-state index contributed by atoms with van der Waals surface area (Å²) in [6, 6.07) is 5.76. The van der Waals surface area contributed by atoms with Crippen LogP contribution in [0.4, 0.5) is 10.5 Å². The van der Waals surface area contributed by atoms with E-state index in [0.717, 1.165) is 35.4 Å². The molecular weight excluding hydrogens is 272 g/mol. The number of amides is 2. The largest absolute Gasteiger partial charge is 0.328 e. The van der Waals surface area contributed by atoms with Gasteiger partial charge in [-0.15, -0.1) is 0 Å². The number of halogens is 1. The molecule has 0 unspecified atom stereocenters. The quantitative estimate of drug-likeness (QED) is 0.854. The molecule has 3 aliphatic rings. The van der Waals surface area contributed by atoms with Gasteiger partial charge in [0.1, 0.15) is 0 Å². The van der Waals surface area contributed by atoms with Gasteiger partial charge in [-0.1, -0.05) is 37.3 Å². The molecule has 2 amide bonds. The Morgan fingerprint density at radius 3 is 2.40 bits per heavy atom. The third-order valence-corrected chi connectivity index (χ3v) is 5.00. The first-order valence-electron chi connectivity index (χ1n) is 7.54. The van der Waals surface area contributed by atoms with Crippen LogP contribution in [0.5, 0.6) is 0 Å². The second-order valence-electron chi connectivity index (χ2n) is 6.65. The molecule has 0 atom stereocenters. The van der Waals surface area contributed by atoms with Gasteiger partial charge < -0.3 is 10.6 Å². The number of carbonyl (C=O) groups excluding carboxylic acids is 1. The van der Waals surface area contributed by atoms with Crippen molar-refractivity contribution in [3.05, 3.63) is 28.8 Å². The molecule has 1 aliphatic heterocycles. The Morgan fingerprint density at radius 2 is 1.80 bits per heavy atom. The zero-order valence-electron chi connectivity index (χ0n) is 11.4. The Kier molecular flexibility index (Phi) is 2.75. The van der Waals surface area contributed by atoms with Crippen molar-refractivity contribution in [2.24, 2.45) is 11.8 Å². The van der Waals surface area contributed by atoms with Crippen molar-refractivity contribution in [3.8, 4) is 0 Å². The molecule has 0 spiro atoms. The molecule has 0 radical (unpaired) electrons. The summed E-state index contributed by atoms with van der Waals surface area (Å²) in [5.41, 5.74) is 1.91. The van der Waals surface area contributed by atoms with E-state index in [1.54, 1.807) is 0 Å². The van der Waals surface area contributed by atoms with Crippen LogP contribution in [0.15, 0.2) is 18.2 Å². The van der Waals surface area contributed by atoms with Crippen molar-refractivity contribution in [1.82, 2.24) is 5.32 Å². The van der Waals surface area contributed by atoms with Crippen LogP contribution in [-0.2, 0) is 5.54 Å². The summed E-state index contributed by atoms with van der Waals surface area (Å²) in [6.07, 6.45) is 7.31. The second kappa shape index (κ2) is 4.39. The molecule has 4 rings (SSSR count). The van der Waals surface area contributed by atoms with Gasteiger partial charge in [0.15, 0.2) is 0 Å². The Labute approximate surface area is 124 Å². The van der Waals surface area contributed by atoms with Gasteiger partial charge in [-0.05, 0) is 42.9 Å². The molecule has 106 valence electrons. The van der Waals surface area contributed by atoms with Crippen LogP contribution in [0.2, 0.25) is 5.02 Å². The lowest BCUT2D eigenvalue weighted by atomic mass is 9.78. The maximum Gasteiger partial charge on any atom is 0.319 e. The van der Waals surface area contributed by atoms with E-state index in [9.17, 15) is 4.79 Å². The van der Waals surface area contributed by atoms with Gasteiger partial charge in [0.05, 0.1) is 5.54 Å². The molecule has 1 aromatic rings. The fourth-order valence-corrected chi connectivity index (χ4v) is 3.67. The topological polar surface area (TPSA) is 41.1 Å². The number of urea groups is 1. The third kappa shape index (κ3) is 2.28. The first kappa shape index (κ1) is 12.5. The SMILES string of the molecule is O=C1Nc2ccc(Cl)cc2C(CC2CC2)(CC2CC2)N1. The summed E-state index contributed by atoms with van der Waals surface area (Å²) >= 11 is 6.20. The van der Waals surface area contributed by atoms with E-state index in [1.165, 1.54) is 31.2 Å². The molecule has 1 aromatic carbocycles. The zero-order valence-corrected chi connectivity index (χ0v) is 12.2. The molecule has 3 nitrogen and oxygen atoms in total. The molecule has 2 saturated carbocycles. The van der Waals surface area contributed by atoms with Crippen LogP contribution in [0.3, 0.4) is 0 Å². The molecule has 2 N–H and O–H groups in total. The standard InChI is InChI=1S/C16H19ClN2O/c17-12-5-6-14-13(7-12)16(8-10-1-2-10,9-11-3-4-11)19-15(20)18-14/h5-7,10-11H,1-4,8-9H2,(H2,18,19,20). The number of hydrogen-bond acceptors (Lipinski definition) is 1. The lowest BCUT2D eigenvalue weighted by Crippen LogP contribution is -2.52. The zero-order chi connectivity index (χ0) is 13.7. The van der Waals surface area contributed by atoms with Crippen LogP contribution in [0.25, 0.3) is 0 Å². The fraction of sp³-hybridized carbons (Fsp3) is 0.562. The number of rotatable bonds is 4. The highest BCUT2D eigenvalue weighted by Gasteiger charge is 2.46. The summed E-state index contributed by atoms with van der Waals surface area (Å²) in [4.78, 5) is 12.1. The molecule has 1 heterocycles. The van der Waals surface area contributed by atoms with Crippen molar-refractivity contribution in [2.75, 3.05) is 5.32 Å². The van der Waals surface area contributed by atoms with Gasteiger partial charge in [-0.25, -0.2) is 4.79 Å². The predicted octanol–water partition coefficient (Wildman–Crippen LogP) is 4.27. The average molecular weight is 291 g/mol. The average Bonchev–Trinajstić information content (AvgIpc) is 3.27. The van der Waals surface area contributed by atoms with E-state index in [0.29, 0.717) is 0 Å². The van der Waals surface area contributed by atoms with Crippen molar-refractivity contribution in [3.63, 3.8) is 0 Å². The molecular formula is C16H19ClN2O. The summed E-state index contributed by atoms with van der Waals surface area (Å²) in [6.45, 7) is 0. The minimum absolute atomic E-state index is 0.0684. The normalized spacial score (nSPS) is 23.8. The van der Waals surface area contributed by atoms with Gasteiger partial charge in [-0.2, -0.15) is 0 Å². The predicted molar refractivity (Wildman–Crippen MR) is 80.0 cm³/mol. The van der Waals surface area contributed by atoms with E-state index in [1.807, 2.05) is 18.2 Å². The Hall–Kier alpha value is -1.22. The van der Waals surface area contributed by atoms with Crippen LogP contribution in [0.1, 0.15) is 44.1 Å². The van der Waals surface area contributed by atoms with Crippen LogP contribution in [0, 0.1) is 11.8 Å². The second-order valence-corrected chi connectivity index (χ2v) is 7.08. The van der Waals surface area contributed by atoms with E-state index in [2.05, 4.69) is 10.6 Å². The summed E-state index contributed by atoms with van der Waals surface area (Å²) < 4.78 is 0. The molecule has 2 aliphatic carbocycles. The lowest BCUT2D eigenvalue weighted by molar-refractivity contribution is 0.217. The molecule has 2 fully saturated rings. The minimum Gasteiger partial charge on any atom is -0.328 e. The Morgan fingerprint density at radius 1 is 1.15 bits per heavy atom. The summed E-state index contributed by atoms with van der Waals surface area (Å²) in [7, 11) is 0. The third-order valence-electron chi connectivity index (χ3n) is 4.77. The Bertz CT molecular complexity index is 550. The Balaban J connectivity index is 1.78. The smallest absolute Gasteiger partial charge is 0.319 e. The van der Waals surface area contributed by atoms with Gasteiger partial charge in [0.25, 0.3) is 0 Å². The number of hydrogen-bond donors (Lipinski definition) is 2. The van der Waals surface area contributed by atoms with E-state index < -0.39 is 0 Å². The number of carbonyl (C=O) groups is 1. The lowest BCUT2D eigenvalue weighted by Gasteiger charge is -2.41. The number of nitrogens with one attached hydrogen (secondary N) is 2. The molecule has 0 saturated heterocycles. The highest BCUT2D eigenvalue weighted by molar-refractivity contribution is 6.30. The number of fused-ring (bicyclic) bond motifs is 1. The highest BCUT2D eigenvalue weighted by atomic mass is 35.5. The van der Waals surface area contributed by atoms with Crippen molar-refractivity contribution in [2.45, 2.75) is 44.1 Å². The highest BCUT2D eigenvalue weighted by Crippen LogP contribution is 2.50. The monoisotopic (exact) mass is 290 g/mol. The van der Waals surface area contributed by atoms with Crippen molar-refractivity contribution >= 4 is 23.3 Å². The maximum absolute atomic E-state index is 12.1.